The number of aliphatic hydroxyl groups is 1. The second-order valence-electron chi connectivity index (χ2n) is 7.86. The molecule has 1 aromatic heterocycles. The number of hydrogen-bond acceptors (Lipinski definition) is 4. The summed E-state index contributed by atoms with van der Waals surface area (Å²) in [6.45, 7) is 4.39. The van der Waals surface area contributed by atoms with Crippen molar-refractivity contribution in [3.8, 4) is 0 Å². The first-order valence-electron chi connectivity index (χ1n) is 9.58. The van der Waals surface area contributed by atoms with E-state index < -0.39 is 5.60 Å². The molecule has 1 saturated carbocycles. The Kier molecular flexibility index (Phi) is 4.54. The van der Waals surface area contributed by atoms with Crippen LogP contribution < -0.4 is 0 Å². The second kappa shape index (κ2) is 6.69. The highest BCUT2D eigenvalue weighted by atomic mass is 19.1. The van der Waals surface area contributed by atoms with Gasteiger partial charge in [-0.3, -0.25) is 4.90 Å². The third-order valence-corrected chi connectivity index (χ3v) is 6.42. The van der Waals surface area contributed by atoms with Crippen LogP contribution in [-0.4, -0.2) is 39.9 Å². The SMILES string of the molecule is CC(N1CCCCC1)C1(O)CCC(c2noc3cc(F)ccc23)CC1. The normalized spacial score (nSPS) is 29.8. The maximum Gasteiger partial charge on any atom is 0.170 e. The molecule has 4 nitrogen and oxygen atoms in total. The highest BCUT2D eigenvalue weighted by Gasteiger charge is 2.41. The zero-order valence-corrected chi connectivity index (χ0v) is 14.9. The molecule has 25 heavy (non-hydrogen) atoms. The minimum Gasteiger partial charge on any atom is -0.388 e. The molecule has 2 heterocycles. The maximum atomic E-state index is 13.3. The molecular weight excluding hydrogens is 319 g/mol. The van der Waals surface area contributed by atoms with Gasteiger partial charge in [-0.05, 0) is 70.7 Å². The van der Waals surface area contributed by atoms with Crippen molar-refractivity contribution in [1.82, 2.24) is 10.1 Å². The number of rotatable bonds is 3. The van der Waals surface area contributed by atoms with Gasteiger partial charge in [0.1, 0.15) is 5.82 Å². The molecule has 1 aliphatic carbocycles. The largest absolute Gasteiger partial charge is 0.388 e. The third-order valence-electron chi connectivity index (χ3n) is 6.42. The van der Waals surface area contributed by atoms with Crippen LogP contribution in [0.15, 0.2) is 22.7 Å². The molecular formula is C20H27FN2O2. The molecule has 1 saturated heterocycles. The van der Waals surface area contributed by atoms with Crippen molar-refractivity contribution >= 4 is 11.0 Å². The van der Waals surface area contributed by atoms with Crippen LogP contribution >= 0.6 is 0 Å². The lowest BCUT2D eigenvalue weighted by atomic mass is 9.73. The number of nitrogens with zero attached hydrogens (tertiary/aromatic N) is 2. The molecule has 4 rings (SSSR count). The fourth-order valence-electron chi connectivity index (χ4n) is 4.68. The first-order chi connectivity index (χ1) is 12.1. The Morgan fingerprint density at radius 1 is 1.24 bits per heavy atom. The number of likely N-dealkylation sites (tertiary alicyclic amines) is 1. The lowest BCUT2D eigenvalue weighted by molar-refractivity contribution is -0.0732. The van der Waals surface area contributed by atoms with E-state index in [1.54, 1.807) is 6.07 Å². The highest BCUT2D eigenvalue weighted by Crippen LogP contribution is 2.42. The van der Waals surface area contributed by atoms with E-state index in [0.29, 0.717) is 5.58 Å². The topological polar surface area (TPSA) is 49.5 Å². The first-order valence-corrected chi connectivity index (χ1v) is 9.58. The second-order valence-corrected chi connectivity index (χ2v) is 7.86. The van der Waals surface area contributed by atoms with E-state index in [4.69, 9.17) is 4.52 Å². The summed E-state index contributed by atoms with van der Waals surface area (Å²) in [5, 5.41) is 16.3. The molecule has 136 valence electrons. The van der Waals surface area contributed by atoms with E-state index in [0.717, 1.165) is 49.9 Å². The van der Waals surface area contributed by atoms with Gasteiger partial charge in [-0.1, -0.05) is 11.6 Å². The molecule has 0 bridgehead atoms. The molecule has 1 N–H and O–H groups in total. The smallest absolute Gasteiger partial charge is 0.170 e. The average molecular weight is 346 g/mol. The van der Waals surface area contributed by atoms with Gasteiger partial charge in [0, 0.05) is 23.4 Å². The summed E-state index contributed by atoms with van der Waals surface area (Å²) in [7, 11) is 0. The van der Waals surface area contributed by atoms with Crippen molar-refractivity contribution in [3.63, 3.8) is 0 Å². The van der Waals surface area contributed by atoms with E-state index in [-0.39, 0.29) is 17.8 Å². The fraction of sp³-hybridized carbons (Fsp3) is 0.650. The summed E-state index contributed by atoms with van der Waals surface area (Å²) in [5.74, 6) is -0.0240. The van der Waals surface area contributed by atoms with Crippen molar-refractivity contribution in [2.45, 2.75) is 69.4 Å². The lowest BCUT2D eigenvalue weighted by Gasteiger charge is -2.45. The predicted octanol–water partition coefficient (Wildman–Crippen LogP) is 4.23. The standard InChI is InChI=1S/C20H27FN2O2/c1-14(23-11-3-2-4-12-23)20(24)9-7-15(8-10-20)19-17-6-5-16(21)13-18(17)25-22-19/h5-6,13-15,24H,2-4,7-12H2,1H3. The van der Waals surface area contributed by atoms with Crippen molar-refractivity contribution in [2.24, 2.45) is 0 Å². The van der Waals surface area contributed by atoms with Crippen LogP contribution in [0.2, 0.25) is 0 Å². The van der Waals surface area contributed by atoms with E-state index in [9.17, 15) is 9.50 Å². The molecule has 0 spiro atoms. The van der Waals surface area contributed by atoms with Gasteiger partial charge in [-0.2, -0.15) is 0 Å². The Bertz CT molecular complexity index is 730. The van der Waals surface area contributed by atoms with Crippen molar-refractivity contribution in [1.29, 1.82) is 0 Å². The molecule has 5 heteroatoms. The van der Waals surface area contributed by atoms with E-state index in [1.165, 1.54) is 31.4 Å². The minimum absolute atomic E-state index is 0.205. The van der Waals surface area contributed by atoms with E-state index in [1.807, 2.05) is 0 Å². The van der Waals surface area contributed by atoms with Crippen molar-refractivity contribution < 1.29 is 14.0 Å². The molecule has 1 unspecified atom stereocenters. The van der Waals surface area contributed by atoms with Crippen LogP contribution in [0.3, 0.4) is 0 Å². The summed E-state index contributed by atoms with van der Waals surface area (Å²) >= 11 is 0. The van der Waals surface area contributed by atoms with Gasteiger partial charge in [-0.15, -0.1) is 0 Å². The number of benzene rings is 1. The van der Waals surface area contributed by atoms with Crippen LogP contribution in [0.25, 0.3) is 11.0 Å². The Morgan fingerprint density at radius 2 is 1.96 bits per heavy atom. The molecule has 1 aromatic carbocycles. The zero-order chi connectivity index (χ0) is 17.4. The van der Waals surface area contributed by atoms with Gasteiger partial charge in [0.15, 0.2) is 5.58 Å². The Labute approximate surface area is 148 Å². The van der Waals surface area contributed by atoms with Gasteiger partial charge in [0.05, 0.1) is 11.3 Å². The van der Waals surface area contributed by atoms with Crippen molar-refractivity contribution in [3.05, 3.63) is 29.7 Å². The minimum atomic E-state index is -0.612. The number of piperidine rings is 1. The Morgan fingerprint density at radius 3 is 2.68 bits per heavy atom. The van der Waals surface area contributed by atoms with E-state index >= 15 is 0 Å². The number of hydrogen-bond donors (Lipinski definition) is 1. The van der Waals surface area contributed by atoms with Crippen LogP contribution in [0.5, 0.6) is 0 Å². The molecule has 0 radical (unpaired) electrons. The lowest BCUT2D eigenvalue weighted by Crippen LogP contribution is -2.54. The number of fused-ring (bicyclic) bond motifs is 1. The van der Waals surface area contributed by atoms with Crippen LogP contribution in [0.4, 0.5) is 4.39 Å². The molecule has 1 aliphatic heterocycles. The third kappa shape index (κ3) is 3.20. The van der Waals surface area contributed by atoms with Gasteiger partial charge in [0.25, 0.3) is 0 Å². The summed E-state index contributed by atoms with van der Waals surface area (Å²) in [6, 6.07) is 4.81. The molecule has 2 fully saturated rings. The van der Waals surface area contributed by atoms with E-state index in [2.05, 4.69) is 17.0 Å². The molecule has 0 amide bonds. The predicted molar refractivity (Wildman–Crippen MR) is 95.0 cm³/mol. The van der Waals surface area contributed by atoms with Gasteiger partial charge >= 0.3 is 0 Å². The van der Waals surface area contributed by atoms with Crippen molar-refractivity contribution in [2.75, 3.05) is 13.1 Å². The summed E-state index contributed by atoms with van der Waals surface area (Å²) in [6.07, 6.45) is 7.15. The zero-order valence-electron chi connectivity index (χ0n) is 14.9. The monoisotopic (exact) mass is 346 g/mol. The molecule has 1 atom stereocenters. The Balaban J connectivity index is 1.46. The summed E-state index contributed by atoms with van der Waals surface area (Å²) in [4.78, 5) is 2.46. The van der Waals surface area contributed by atoms with Gasteiger partial charge in [0.2, 0.25) is 0 Å². The van der Waals surface area contributed by atoms with Crippen LogP contribution in [-0.2, 0) is 0 Å². The first kappa shape index (κ1) is 17.0. The fourth-order valence-corrected chi connectivity index (χ4v) is 4.68. The quantitative estimate of drug-likeness (QED) is 0.903. The number of aromatic nitrogens is 1. The van der Waals surface area contributed by atoms with Gasteiger partial charge in [-0.25, -0.2) is 4.39 Å². The van der Waals surface area contributed by atoms with Crippen LogP contribution in [0, 0.1) is 5.82 Å². The molecule has 2 aliphatic rings. The summed E-state index contributed by atoms with van der Waals surface area (Å²) in [5.41, 5.74) is 0.819. The number of halogens is 1. The summed E-state index contributed by atoms with van der Waals surface area (Å²) < 4.78 is 18.6. The molecule has 2 aromatic rings. The van der Waals surface area contributed by atoms with Gasteiger partial charge < -0.3 is 9.63 Å². The highest BCUT2D eigenvalue weighted by molar-refractivity contribution is 5.79. The Hall–Kier alpha value is -1.46. The maximum absolute atomic E-state index is 13.3. The van der Waals surface area contributed by atoms with Crippen LogP contribution in [0.1, 0.15) is 63.5 Å². The average Bonchev–Trinajstić information content (AvgIpc) is 3.05.